The number of nitrogens with one attached hydrogen (secondary N) is 2. The van der Waals surface area contributed by atoms with Gasteiger partial charge in [0.05, 0.1) is 16.6 Å². The van der Waals surface area contributed by atoms with E-state index in [2.05, 4.69) is 15.0 Å². The first-order chi connectivity index (χ1) is 17.8. The van der Waals surface area contributed by atoms with E-state index in [1.165, 1.54) is 6.07 Å². The minimum absolute atomic E-state index is 0.154. The fourth-order valence-electron chi connectivity index (χ4n) is 7.09. The van der Waals surface area contributed by atoms with E-state index in [0.29, 0.717) is 53.6 Å². The predicted molar refractivity (Wildman–Crippen MR) is 134 cm³/mol. The number of fused-ring (bicyclic) bond motifs is 1. The number of carbonyl (C=O) groups is 2. The Labute approximate surface area is 222 Å². The van der Waals surface area contributed by atoms with Crippen LogP contribution in [0.25, 0.3) is 11.1 Å². The molecule has 5 aliphatic carbocycles. The smallest absolute Gasteiger partial charge is 0.297 e. The summed E-state index contributed by atoms with van der Waals surface area (Å²) in [5.41, 5.74) is 11.8. The van der Waals surface area contributed by atoms with Crippen molar-refractivity contribution in [2.45, 2.75) is 61.2 Å². The zero-order valence-electron chi connectivity index (χ0n) is 20.3. The van der Waals surface area contributed by atoms with Crippen molar-refractivity contribution in [1.82, 2.24) is 15.0 Å². The van der Waals surface area contributed by atoms with Crippen molar-refractivity contribution in [1.29, 1.82) is 0 Å². The molecule has 3 aromatic rings. The molecule has 200 valence electrons. The molecular weight excluding hydrogens is 534 g/mol. The quantitative estimate of drug-likeness (QED) is 0.329. The average Bonchev–Trinajstić information content (AvgIpc) is 3.36. The Hall–Kier alpha value is -2.93. The van der Waals surface area contributed by atoms with Gasteiger partial charge in [-0.05, 0) is 86.6 Å². The maximum absolute atomic E-state index is 12.8. The summed E-state index contributed by atoms with van der Waals surface area (Å²) in [7, 11) is -4.22. The molecule has 2 heterocycles. The van der Waals surface area contributed by atoms with E-state index in [0.717, 1.165) is 25.3 Å². The van der Waals surface area contributed by atoms with Crippen LogP contribution in [0, 0.1) is 16.7 Å². The lowest BCUT2D eigenvalue weighted by atomic mass is 9.44. The molecule has 0 saturated heterocycles. The molecule has 6 N–H and O–H groups in total. The number of nitrogens with two attached hydrogens (primary N) is 2. The minimum Gasteiger partial charge on any atom is -0.439 e. The number of halogens is 1. The third-order valence-electron chi connectivity index (χ3n) is 8.72. The number of sulfonamides is 1. The molecule has 2 aromatic heterocycles. The summed E-state index contributed by atoms with van der Waals surface area (Å²) in [4.78, 5) is 29.7. The Morgan fingerprint density at radius 2 is 1.74 bits per heavy atom. The summed E-state index contributed by atoms with van der Waals surface area (Å²) >= 11 is 6.04. The number of carbonyl (C=O) groups excluding carboxylic acids is 2. The van der Waals surface area contributed by atoms with Gasteiger partial charge < -0.3 is 25.6 Å². The zero-order chi connectivity index (χ0) is 26.7. The molecule has 0 aliphatic heterocycles. The van der Waals surface area contributed by atoms with Crippen LogP contribution >= 0.6 is 11.6 Å². The number of benzene rings is 1. The van der Waals surface area contributed by atoms with Crippen molar-refractivity contribution in [3.63, 3.8) is 0 Å². The van der Waals surface area contributed by atoms with E-state index in [4.69, 9.17) is 31.9 Å². The number of hydrogen-bond acceptors (Lipinski definition) is 9. The van der Waals surface area contributed by atoms with E-state index in [1.54, 1.807) is 18.2 Å². The van der Waals surface area contributed by atoms with Gasteiger partial charge >= 0.3 is 0 Å². The van der Waals surface area contributed by atoms with Gasteiger partial charge in [-0.15, -0.1) is 0 Å². The van der Waals surface area contributed by atoms with Gasteiger partial charge in [0, 0.05) is 5.02 Å². The third kappa shape index (κ3) is 3.54. The minimum atomic E-state index is -4.22. The first-order valence-electron chi connectivity index (χ1n) is 12.4. The first-order valence-corrected chi connectivity index (χ1v) is 14.3. The topological polar surface area (TPSA) is 184 Å². The van der Waals surface area contributed by atoms with E-state index < -0.39 is 43.5 Å². The van der Waals surface area contributed by atoms with Gasteiger partial charge in [-0.25, -0.2) is 9.71 Å². The summed E-state index contributed by atoms with van der Waals surface area (Å²) in [5, 5.41) is 2.82. The number of nitrogens with zero attached hydrogens (tertiary/aromatic N) is 1. The summed E-state index contributed by atoms with van der Waals surface area (Å²) in [6.45, 7) is 0. The van der Waals surface area contributed by atoms with Gasteiger partial charge in [0.2, 0.25) is 16.9 Å². The van der Waals surface area contributed by atoms with Crippen LogP contribution in [0.4, 0.5) is 0 Å². The Morgan fingerprint density at radius 1 is 1.03 bits per heavy atom. The van der Waals surface area contributed by atoms with Crippen molar-refractivity contribution in [2.75, 3.05) is 0 Å². The molecule has 2 amide bonds. The van der Waals surface area contributed by atoms with Crippen LogP contribution in [0.1, 0.15) is 61.4 Å². The normalized spacial score (nSPS) is 35.1. The van der Waals surface area contributed by atoms with Crippen LogP contribution < -0.4 is 21.5 Å². The largest absolute Gasteiger partial charge is 0.439 e. The average molecular weight is 560 g/mol. The molecule has 5 aliphatic rings. The number of rotatable bonds is 6. The number of aromatic nitrogens is 1. The lowest BCUT2D eigenvalue weighted by Gasteiger charge is -2.64. The van der Waals surface area contributed by atoms with Crippen molar-refractivity contribution >= 4 is 44.5 Å². The third-order valence-corrected chi connectivity index (χ3v) is 10.2. The van der Waals surface area contributed by atoms with Crippen molar-refractivity contribution < 1.29 is 26.8 Å². The van der Waals surface area contributed by atoms with Crippen molar-refractivity contribution in [2.24, 2.45) is 28.2 Å². The van der Waals surface area contributed by atoms with E-state index >= 15 is 0 Å². The lowest BCUT2D eigenvalue weighted by Crippen LogP contribution is -2.73. The fourth-order valence-corrected chi connectivity index (χ4v) is 8.26. The van der Waals surface area contributed by atoms with Crippen molar-refractivity contribution in [3.05, 3.63) is 47.0 Å². The van der Waals surface area contributed by atoms with Gasteiger partial charge in [0.15, 0.2) is 11.3 Å². The van der Waals surface area contributed by atoms with Gasteiger partial charge in [-0.2, -0.15) is 8.42 Å². The molecule has 5 saturated carbocycles. The van der Waals surface area contributed by atoms with Gasteiger partial charge in [0.1, 0.15) is 5.52 Å². The monoisotopic (exact) mass is 559 g/mol. The summed E-state index contributed by atoms with van der Waals surface area (Å²) < 4.78 is 38.5. The molecule has 2 bridgehead atoms. The van der Waals surface area contributed by atoms with Crippen LogP contribution in [0.2, 0.25) is 5.02 Å². The maximum Gasteiger partial charge on any atom is 0.297 e. The lowest BCUT2D eigenvalue weighted by molar-refractivity contribution is -0.162. The SMILES string of the molecule is NC1(NC(=O)c2ccc(S(=O)(=O)NC(=O)C34CC(C3)C4)o2)CC2(C1)CC(N)(c1nc3cc(Cl)ccc3o1)C2. The van der Waals surface area contributed by atoms with E-state index in [9.17, 15) is 18.0 Å². The second-order valence-corrected chi connectivity index (χ2v) is 14.0. The molecule has 11 nitrogen and oxygen atoms in total. The van der Waals surface area contributed by atoms with Gasteiger partial charge in [-0.1, -0.05) is 11.6 Å². The van der Waals surface area contributed by atoms with E-state index in [1.807, 2.05) is 0 Å². The molecule has 38 heavy (non-hydrogen) atoms. The number of hydrogen-bond donors (Lipinski definition) is 4. The van der Waals surface area contributed by atoms with Crippen LogP contribution in [-0.2, 0) is 20.4 Å². The zero-order valence-corrected chi connectivity index (χ0v) is 21.8. The Kier molecular flexibility index (Phi) is 4.69. The summed E-state index contributed by atoms with van der Waals surface area (Å²) in [6.07, 6.45) is 4.32. The van der Waals surface area contributed by atoms with Crippen LogP contribution in [0.15, 0.2) is 44.3 Å². The van der Waals surface area contributed by atoms with E-state index in [-0.39, 0.29) is 11.2 Å². The molecule has 1 spiro atoms. The Balaban J connectivity index is 0.970. The molecular formula is C25H26ClN5O6S. The van der Waals surface area contributed by atoms with Gasteiger partial charge in [0.25, 0.3) is 15.9 Å². The predicted octanol–water partition coefficient (Wildman–Crippen LogP) is 2.49. The second-order valence-electron chi connectivity index (χ2n) is 11.9. The Bertz CT molecular complexity index is 1610. The Morgan fingerprint density at radius 3 is 2.39 bits per heavy atom. The summed E-state index contributed by atoms with van der Waals surface area (Å²) in [5.74, 6) is -0.380. The molecule has 8 rings (SSSR count). The molecule has 0 radical (unpaired) electrons. The molecule has 13 heteroatoms. The molecule has 0 unspecified atom stereocenters. The highest BCUT2D eigenvalue weighted by Gasteiger charge is 2.65. The highest BCUT2D eigenvalue weighted by molar-refractivity contribution is 7.89. The highest BCUT2D eigenvalue weighted by atomic mass is 35.5. The van der Waals surface area contributed by atoms with Gasteiger partial charge in [-0.3, -0.25) is 9.59 Å². The molecule has 1 aromatic carbocycles. The molecule has 0 atom stereocenters. The van der Waals surface area contributed by atoms with Crippen LogP contribution in [-0.4, -0.2) is 30.9 Å². The fraction of sp³-hybridized carbons (Fsp3) is 0.480. The number of oxazole rings is 1. The molecule has 5 fully saturated rings. The number of amides is 2. The van der Waals surface area contributed by atoms with Crippen molar-refractivity contribution in [3.8, 4) is 0 Å². The first kappa shape index (κ1) is 24.1. The van der Waals surface area contributed by atoms with Crippen LogP contribution in [0.5, 0.6) is 0 Å². The van der Waals surface area contributed by atoms with Crippen LogP contribution in [0.3, 0.4) is 0 Å². The maximum atomic E-state index is 12.8. The summed E-state index contributed by atoms with van der Waals surface area (Å²) in [6, 6.07) is 7.61. The highest BCUT2D eigenvalue weighted by Crippen LogP contribution is 2.65. The standard InChI is InChI=1S/C25H26ClN5O6S/c26-14-1-2-16-15(5-14)29-21(37-16)24(27)9-22(10-24)11-25(28,12-22)30-19(32)17-3-4-18(36-17)38(34,35)31-20(33)23-6-13(7-23)8-23/h1-5,13H,6-12,27-28H2,(H,30,32)(H,31,33). The number of furan rings is 1. The second kappa shape index (κ2) is 7.38.